The monoisotopic (exact) mass is 994 g/mol. The van der Waals surface area contributed by atoms with Crippen molar-refractivity contribution >= 4 is 65.6 Å². The lowest BCUT2D eigenvalue weighted by molar-refractivity contribution is 0.793. The number of anilines is 6. The molecule has 12 aromatic carbocycles. The highest BCUT2D eigenvalue weighted by atomic mass is 32.1. The van der Waals surface area contributed by atoms with Crippen LogP contribution in [-0.2, 0) is 10.8 Å². The van der Waals surface area contributed by atoms with Gasteiger partial charge in [-0.15, -0.1) is 11.3 Å². The van der Waals surface area contributed by atoms with Crippen LogP contribution in [0.25, 0.3) is 64.7 Å². The van der Waals surface area contributed by atoms with Crippen molar-refractivity contribution in [3.63, 3.8) is 0 Å². The highest BCUT2D eigenvalue weighted by Gasteiger charge is 2.53. The molecule has 0 aliphatic heterocycles. The van der Waals surface area contributed by atoms with Gasteiger partial charge in [0.2, 0.25) is 0 Å². The molecule has 2 nitrogen and oxygen atoms in total. The summed E-state index contributed by atoms with van der Waals surface area (Å²) in [4.78, 5) is 5.01. The summed E-state index contributed by atoms with van der Waals surface area (Å²) in [6.45, 7) is 0. The molecule has 4 aliphatic carbocycles. The Labute approximate surface area is 451 Å². The van der Waals surface area contributed by atoms with E-state index in [0.29, 0.717) is 0 Å². The van der Waals surface area contributed by atoms with E-state index in [9.17, 15) is 0 Å². The van der Waals surface area contributed by atoms with E-state index in [1.807, 2.05) is 11.3 Å². The lowest BCUT2D eigenvalue weighted by atomic mass is 9.70. The number of para-hydroxylation sites is 2. The molecule has 358 valence electrons. The first-order chi connectivity index (χ1) is 38.2. The molecule has 0 N–H and O–H groups in total. The lowest BCUT2D eigenvalue weighted by Gasteiger charge is -2.33. The molecule has 77 heavy (non-hydrogen) atoms. The summed E-state index contributed by atoms with van der Waals surface area (Å²) in [7, 11) is 0. The second kappa shape index (κ2) is 16.0. The fraction of sp³-hybridized carbons (Fsp3) is 0.0270. The summed E-state index contributed by atoms with van der Waals surface area (Å²) >= 11 is 1.89. The first-order valence-electron chi connectivity index (χ1n) is 26.7. The summed E-state index contributed by atoms with van der Waals surface area (Å²) < 4.78 is 2.50. The van der Waals surface area contributed by atoms with Gasteiger partial charge in [-0.1, -0.05) is 212 Å². The van der Waals surface area contributed by atoms with Crippen LogP contribution in [0.15, 0.2) is 279 Å². The Morgan fingerprint density at radius 1 is 0.234 bits per heavy atom. The molecule has 3 heteroatoms. The summed E-state index contributed by atoms with van der Waals surface area (Å²) in [6, 6.07) is 105. The van der Waals surface area contributed by atoms with Gasteiger partial charge in [0.1, 0.15) is 0 Å². The molecule has 0 bridgehead atoms. The molecule has 1 aromatic heterocycles. The van der Waals surface area contributed by atoms with Gasteiger partial charge in [-0.25, -0.2) is 0 Å². The third kappa shape index (κ3) is 5.63. The summed E-state index contributed by atoms with van der Waals surface area (Å²) in [6.07, 6.45) is 0. The largest absolute Gasteiger partial charge is 0.310 e. The molecular formula is C74H46N2S. The van der Waals surface area contributed by atoms with E-state index in [1.165, 1.54) is 109 Å². The maximum Gasteiger partial charge on any atom is 0.0725 e. The third-order valence-electron chi connectivity index (χ3n) is 17.4. The van der Waals surface area contributed by atoms with Crippen molar-refractivity contribution in [1.29, 1.82) is 0 Å². The van der Waals surface area contributed by atoms with E-state index in [1.54, 1.807) is 0 Å². The van der Waals surface area contributed by atoms with Crippen molar-refractivity contribution in [2.24, 2.45) is 0 Å². The second-order valence-electron chi connectivity index (χ2n) is 21.0. The summed E-state index contributed by atoms with van der Waals surface area (Å²) in [5, 5.41) is 2.48. The third-order valence-corrected chi connectivity index (χ3v) is 18.7. The zero-order valence-electron chi connectivity index (χ0n) is 41.9. The minimum Gasteiger partial charge on any atom is -0.310 e. The molecule has 0 atom stereocenters. The standard InChI is InChI=1S/C74H46N2S/c1-3-21-47(22-4-1)75(48-23-5-2-6-24-48)51-45-61-58-31-13-20-38-71(58)77-72(61)70(46-51)76(49-39-41-68-59(43-49)56-29-11-18-36-66(56)73(68)62-32-14-7-25-52(62)53-26-8-15-33-63(53)73)50-40-42-69-60(44-50)57-30-12-19-37-67(57)74(69)64-34-16-9-27-54(64)55-28-10-17-35-65(55)74/h1-46H. The first kappa shape index (κ1) is 42.8. The Morgan fingerprint density at radius 2 is 0.584 bits per heavy atom. The maximum atomic E-state index is 2.59. The van der Waals surface area contributed by atoms with Crippen LogP contribution in [0.4, 0.5) is 34.1 Å². The van der Waals surface area contributed by atoms with Gasteiger partial charge >= 0.3 is 0 Å². The van der Waals surface area contributed by atoms with Gasteiger partial charge in [0.15, 0.2) is 0 Å². The number of fused-ring (bicyclic) bond motifs is 23. The van der Waals surface area contributed by atoms with Gasteiger partial charge in [0.25, 0.3) is 0 Å². The molecule has 0 radical (unpaired) electrons. The molecule has 4 aliphatic rings. The average molecular weight is 995 g/mol. The molecule has 0 unspecified atom stereocenters. The van der Waals surface area contributed by atoms with Crippen molar-refractivity contribution in [1.82, 2.24) is 0 Å². The van der Waals surface area contributed by atoms with Crippen LogP contribution in [-0.4, -0.2) is 0 Å². The van der Waals surface area contributed by atoms with Crippen LogP contribution in [0.2, 0.25) is 0 Å². The molecule has 2 spiro atoms. The van der Waals surface area contributed by atoms with Crippen LogP contribution in [0.5, 0.6) is 0 Å². The topological polar surface area (TPSA) is 6.48 Å². The Morgan fingerprint density at radius 3 is 1.01 bits per heavy atom. The Hall–Kier alpha value is -9.54. The van der Waals surface area contributed by atoms with Gasteiger partial charge in [-0.05, 0) is 156 Å². The summed E-state index contributed by atoms with van der Waals surface area (Å²) in [5.41, 5.74) is 26.8. The van der Waals surface area contributed by atoms with Crippen LogP contribution in [0.1, 0.15) is 44.5 Å². The molecule has 13 aromatic rings. The van der Waals surface area contributed by atoms with Crippen molar-refractivity contribution in [2.75, 3.05) is 9.80 Å². The predicted octanol–water partition coefficient (Wildman–Crippen LogP) is 19.7. The quantitative estimate of drug-likeness (QED) is 0.164. The maximum absolute atomic E-state index is 2.59. The van der Waals surface area contributed by atoms with Crippen molar-refractivity contribution in [2.45, 2.75) is 10.8 Å². The first-order valence-corrected chi connectivity index (χ1v) is 27.6. The van der Waals surface area contributed by atoms with Gasteiger partial charge in [0.05, 0.1) is 21.2 Å². The Bertz CT molecular complexity index is 4280. The molecule has 0 fully saturated rings. The minimum atomic E-state index is -0.452. The minimum absolute atomic E-state index is 0.452. The van der Waals surface area contributed by atoms with Crippen LogP contribution < -0.4 is 9.80 Å². The number of nitrogens with zero attached hydrogens (tertiary/aromatic N) is 2. The number of hydrogen-bond donors (Lipinski definition) is 0. The second-order valence-corrected chi connectivity index (χ2v) is 22.1. The number of hydrogen-bond acceptors (Lipinski definition) is 3. The van der Waals surface area contributed by atoms with Gasteiger partial charge in [-0.3, -0.25) is 0 Å². The smallest absolute Gasteiger partial charge is 0.0725 e. The van der Waals surface area contributed by atoms with E-state index in [4.69, 9.17) is 0 Å². The normalized spacial score (nSPS) is 13.9. The lowest BCUT2D eigenvalue weighted by Crippen LogP contribution is -2.26. The Kier molecular flexibility index (Phi) is 8.88. The molecule has 0 saturated heterocycles. The van der Waals surface area contributed by atoms with Crippen LogP contribution in [0.3, 0.4) is 0 Å². The zero-order valence-corrected chi connectivity index (χ0v) is 42.7. The van der Waals surface area contributed by atoms with Crippen molar-refractivity contribution in [3.05, 3.63) is 324 Å². The van der Waals surface area contributed by atoms with E-state index in [-0.39, 0.29) is 0 Å². The molecule has 0 amide bonds. The molecular weight excluding hydrogens is 949 g/mol. The molecule has 1 heterocycles. The van der Waals surface area contributed by atoms with Gasteiger partial charge in [-0.2, -0.15) is 0 Å². The van der Waals surface area contributed by atoms with Gasteiger partial charge < -0.3 is 9.80 Å². The van der Waals surface area contributed by atoms with Gasteiger partial charge in [0, 0.05) is 43.9 Å². The van der Waals surface area contributed by atoms with Crippen LogP contribution in [0, 0.1) is 0 Å². The zero-order chi connectivity index (χ0) is 50.4. The van der Waals surface area contributed by atoms with Crippen LogP contribution >= 0.6 is 11.3 Å². The fourth-order valence-corrected chi connectivity index (χ4v) is 15.8. The van der Waals surface area contributed by atoms with Crippen molar-refractivity contribution in [3.8, 4) is 44.5 Å². The SMILES string of the molecule is c1ccc(N(c2ccccc2)c2cc(N(c3ccc4c(c3)-c3ccccc3C43c4ccccc4-c4ccccc43)c3ccc4c(c3)-c3ccccc3C43c4ccccc4-c4ccccc43)c3sc4ccccc4c3c2)cc1. The number of rotatable bonds is 6. The predicted molar refractivity (Wildman–Crippen MR) is 321 cm³/mol. The average Bonchev–Trinajstić information content (AvgIpc) is 4.29. The number of benzene rings is 12. The number of thiophene rings is 1. The Balaban J connectivity index is 0.968. The van der Waals surface area contributed by atoms with E-state index in [0.717, 1.165) is 34.1 Å². The van der Waals surface area contributed by atoms with E-state index < -0.39 is 10.8 Å². The van der Waals surface area contributed by atoms with E-state index >= 15 is 0 Å². The van der Waals surface area contributed by atoms with E-state index in [2.05, 4.69) is 289 Å². The fourth-order valence-electron chi connectivity index (χ4n) is 14.6. The highest BCUT2D eigenvalue weighted by molar-refractivity contribution is 7.26. The highest BCUT2D eigenvalue weighted by Crippen LogP contribution is 2.66. The van der Waals surface area contributed by atoms with Crippen molar-refractivity contribution < 1.29 is 0 Å². The molecule has 17 rings (SSSR count). The molecule has 0 saturated carbocycles. The summed E-state index contributed by atoms with van der Waals surface area (Å²) in [5.74, 6) is 0.